The largest absolute Gasteiger partial charge is 0.623 e. The Morgan fingerprint density at radius 2 is 2.29 bits per heavy atom. The van der Waals surface area contributed by atoms with Gasteiger partial charge < -0.3 is 10.1 Å². The summed E-state index contributed by atoms with van der Waals surface area (Å²) in [7, 11) is 1.94. The highest BCUT2D eigenvalue weighted by molar-refractivity contribution is 8.23. The second-order valence-electron chi connectivity index (χ2n) is 4.45. The van der Waals surface area contributed by atoms with Gasteiger partial charge in [0.15, 0.2) is 6.21 Å². The van der Waals surface area contributed by atoms with Gasteiger partial charge in [0, 0.05) is 7.05 Å². The lowest BCUT2D eigenvalue weighted by molar-refractivity contribution is -0.480. The Morgan fingerprint density at radius 1 is 1.59 bits per heavy atom. The molecule has 1 saturated heterocycles. The van der Waals surface area contributed by atoms with Gasteiger partial charge in [0.25, 0.3) is 0 Å². The van der Waals surface area contributed by atoms with Crippen LogP contribution >= 0.6 is 35.3 Å². The molecule has 1 aromatic heterocycles. The Hall–Kier alpha value is -0.590. The van der Waals surface area contributed by atoms with E-state index in [0.717, 1.165) is 13.9 Å². The Bertz CT molecular complexity index is 453. The van der Waals surface area contributed by atoms with Crippen molar-refractivity contribution in [1.82, 2.24) is 4.90 Å². The molecule has 0 amide bonds. The van der Waals surface area contributed by atoms with E-state index in [0.29, 0.717) is 0 Å². The molecule has 1 fully saturated rings. The maximum absolute atomic E-state index is 12.2. The van der Waals surface area contributed by atoms with Crippen LogP contribution in [0.25, 0.3) is 0 Å². The molecule has 0 radical (unpaired) electrons. The first kappa shape index (κ1) is 12.9. The third kappa shape index (κ3) is 2.34. The number of hydrogen-bond acceptors (Lipinski definition) is 4. The van der Waals surface area contributed by atoms with Crippen molar-refractivity contribution in [2.75, 3.05) is 7.05 Å². The third-order valence-corrected chi connectivity index (χ3v) is 5.84. The van der Waals surface area contributed by atoms with Crippen molar-refractivity contribution < 1.29 is 4.74 Å². The second-order valence-corrected chi connectivity index (χ2v) is 7.15. The summed E-state index contributed by atoms with van der Waals surface area (Å²) in [5, 5.41) is 13.9. The summed E-state index contributed by atoms with van der Waals surface area (Å²) in [6.07, 6.45) is 1.64. The minimum absolute atomic E-state index is 0.193. The van der Waals surface area contributed by atoms with Gasteiger partial charge in [0.2, 0.25) is 5.37 Å². The van der Waals surface area contributed by atoms with E-state index in [-0.39, 0.29) is 10.9 Å². The van der Waals surface area contributed by atoms with Crippen molar-refractivity contribution in [3.05, 3.63) is 27.6 Å². The molecule has 0 saturated carbocycles. The zero-order valence-electron chi connectivity index (χ0n) is 9.91. The molecule has 0 spiro atoms. The average molecular weight is 286 g/mol. The molecule has 6 heteroatoms. The third-order valence-electron chi connectivity index (χ3n) is 2.98. The number of thioether (sulfide) groups is 1. The lowest BCUT2D eigenvalue weighted by Crippen LogP contribution is -2.46. The first-order valence-electron chi connectivity index (χ1n) is 5.21. The molecule has 0 bridgehead atoms. The number of nitrogens with zero attached hydrogens (tertiary/aromatic N) is 2. The summed E-state index contributed by atoms with van der Waals surface area (Å²) in [5.74, 6) is 0. The smallest absolute Gasteiger partial charge is 0.238 e. The molecule has 3 nitrogen and oxygen atoms in total. The summed E-state index contributed by atoms with van der Waals surface area (Å²) in [6, 6.07) is 3.87. The molecule has 1 atom stereocenters. The van der Waals surface area contributed by atoms with Crippen LogP contribution in [-0.4, -0.2) is 38.1 Å². The number of hydrogen-bond donors (Lipinski definition) is 0. The molecule has 1 unspecified atom stereocenters. The molecule has 1 aromatic rings. The molecule has 1 aliphatic rings. The first-order valence-corrected chi connectivity index (χ1v) is 7.38. The molecule has 1 aliphatic heterocycles. The van der Waals surface area contributed by atoms with Crippen LogP contribution in [0.5, 0.6) is 0 Å². The maximum Gasteiger partial charge on any atom is 0.238 e. The Balaban J connectivity index is 2.27. The Labute approximate surface area is 115 Å². The van der Waals surface area contributed by atoms with Gasteiger partial charge in [0.1, 0.15) is 9.86 Å². The van der Waals surface area contributed by atoms with Gasteiger partial charge in [-0.2, -0.15) is 4.74 Å². The van der Waals surface area contributed by atoms with Gasteiger partial charge in [0.05, 0.1) is 4.88 Å². The molecular weight excluding hydrogens is 272 g/mol. The van der Waals surface area contributed by atoms with Crippen LogP contribution in [0.3, 0.4) is 0 Å². The molecule has 2 heterocycles. The first-order chi connectivity index (χ1) is 7.93. The van der Waals surface area contributed by atoms with Crippen molar-refractivity contribution in [2.24, 2.45) is 0 Å². The average Bonchev–Trinajstić information content (AvgIpc) is 2.82. The SMILES string of the molecule is CN1C(=S)SC(/[N+]([O-])=C\c2cccs2)C1(C)C. The number of hydroxylamine groups is 1. The van der Waals surface area contributed by atoms with E-state index in [2.05, 4.69) is 0 Å². The Morgan fingerprint density at radius 3 is 2.76 bits per heavy atom. The molecule has 2 rings (SSSR count). The zero-order valence-corrected chi connectivity index (χ0v) is 12.4. The van der Waals surface area contributed by atoms with E-state index in [1.807, 2.05) is 43.3 Å². The second kappa shape index (κ2) is 4.59. The number of likely N-dealkylation sites (N-methyl/N-ethyl adjacent to an activating group) is 1. The predicted molar refractivity (Wildman–Crippen MR) is 78.9 cm³/mol. The van der Waals surface area contributed by atoms with Crippen molar-refractivity contribution in [1.29, 1.82) is 0 Å². The lowest BCUT2D eigenvalue weighted by Gasteiger charge is -2.30. The van der Waals surface area contributed by atoms with Gasteiger partial charge in [-0.05, 0) is 37.1 Å². The van der Waals surface area contributed by atoms with Crippen LogP contribution in [0.4, 0.5) is 0 Å². The van der Waals surface area contributed by atoms with Crippen LogP contribution < -0.4 is 0 Å². The summed E-state index contributed by atoms with van der Waals surface area (Å²) < 4.78 is 1.80. The summed E-state index contributed by atoms with van der Waals surface area (Å²) in [5.41, 5.74) is -0.253. The van der Waals surface area contributed by atoms with Crippen molar-refractivity contribution in [3.8, 4) is 0 Å². The molecular formula is C11H14N2OS3. The van der Waals surface area contributed by atoms with Crippen molar-refractivity contribution >= 4 is 45.9 Å². The van der Waals surface area contributed by atoms with E-state index in [1.54, 1.807) is 17.6 Å². The fourth-order valence-electron chi connectivity index (χ4n) is 1.64. The molecule has 0 N–H and O–H groups in total. The van der Waals surface area contributed by atoms with Crippen LogP contribution in [0.2, 0.25) is 0 Å². The normalized spacial score (nSPS) is 24.4. The van der Waals surface area contributed by atoms with Gasteiger partial charge in [-0.25, -0.2) is 0 Å². The van der Waals surface area contributed by atoms with E-state index < -0.39 is 0 Å². The van der Waals surface area contributed by atoms with Crippen LogP contribution in [-0.2, 0) is 0 Å². The van der Waals surface area contributed by atoms with Crippen LogP contribution in [0, 0.1) is 5.21 Å². The van der Waals surface area contributed by atoms with Crippen LogP contribution in [0.15, 0.2) is 17.5 Å². The van der Waals surface area contributed by atoms with E-state index in [1.165, 1.54) is 11.8 Å². The maximum atomic E-state index is 12.2. The van der Waals surface area contributed by atoms with Gasteiger partial charge >= 0.3 is 0 Å². The van der Waals surface area contributed by atoms with Crippen molar-refractivity contribution in [3.63, 3.8) is 0 Å². The lowest BCUT2D eigenvalue weighted by atomic mass is 10.0. The van der Waals surface area contributed by atoms with Crippen LogP contribution in [0.1, 0.15) is 18.7 Å². The monoisotopic (exact) mass is 286 g/mol. The van der Waals surface area contributed by atoms with E-state index in [9.17, 15) is 5.21 Å². The predicted octanol–water partition coefficient (Wildman–Crippen LogP) is 2.75. The molecule has 0 aromatic carbocycles. The Kier molecular flexibility index (Phi) is 3.47. The fraction of sp³-hybridized carbons (Fsp3) is 0.455. The highest BCUT2D eigenvalue weighted by Crippen LogP contribution is 2.38. The van der Waals surface area contributed by atoms with E-state index >= 15 is 0 Å². The highest BCUT2D eigenvalue weighted by Gasteiger charge is 2.48. The fourth-order valence-corrected chi connectivity index (χ4v) is 3.98. The molecule has 0 aliphatic carbocycles. The molecule has 92 valence electrons. The minimum atomic E-state index is -0.253. The molecule has 17 heavy (non-hydrogen) atoms. The van der Waals surface area contributed by atoms with Gasteiger partial charge in [-0.3, -0.25) is 0 Å². The minimum Gasteiger partial charge on any atom is -0.623 e. The summed E-state index contributed by atoms with van der Waals surface area (Å²) >= 11 is 8.26. The summed E-state index contributed by atoms with van der Waals surface area (Å²) in [6.45, 7) is 4.08. The van der Waals surface area contributed by atoms with Gasteiger partial charge in [-0.15, -0.1) is 11.3 Å². The van der Waals surface area contributed by atoms with E-state index in [4.69, 9.17) is 12.2 Å². The number of thiocarbonyl (C=S) groups is 1. The number of rotatable bonds is 2. The zero-order chi connectivity index (χ0) is 12.6. The topological polar surface area (TPSA) is 29.3 Å². The highest BCUT2D eigenvalue weighted by atomic mass is 32.2. The summed E-state index contributed by atoms with van der Waals surface area (Å²) in [4.78, 5) is 2.96. The quantitative estimate of drug-likeness (QED) is 0.275. The number of thiophene rings is 1. The van der Waals surface area contributed by atoms with Crippen molar-refractivity contribution in [2.45, 2.75) is 24.8 Å². The van der Waals surface area contributed by atoms with Gasteiger partial charge in [-0.1, -0.05) is 18.3 Å². The standard InChI is InChI=1S/C11H14N2OS3/c1-11(2)9(17-10(15)12(11)3)13(14)7-8-5-4-6-16-8/h4-7,9H,1-3H3/b13-7+.